The van der Waals surface area contributed by atoms with Gasteiger partial charge in [0.2, 0.25) is 0 Å². The van der Waals surface area contributed by atoms with Crippen LogP contribution in [0.1, 0.15) is 27.2 Å². The molecule has 1 atom stereocenters. The van der Waals surface area contributed by atoms with Crippen molar-refractivity contribution in [2.75, 3.05) is 0 Å². The van der Waals surface area contributed by atoms with Gasteiger partial charge >= 0.3 is 102 Å². The molecule has 3 heteroatoms. The number of halogens is 2. The summed E-state index contributed by atoms with van der Waals surface area (Å²) in [6.45, 7) is 6.82. The molecule has 2 aliphatic carbocycles. The fraction of sp³-hybridized carbons (Fsp3) is 0.385. The molecule has 2 aliphatic rings. The molecule has 0 aliphatic heterocycles. The molecule has 16 heavy (non-hydrogen) atoms. The summed E-state index contributed by atoms with van der Waals surface area (Å²) >= 11 is 1.58. The van der Waals surface area contributed by atoms with Gasteiger partial charge in [-0.3, -0.25) is 0 Å². The van der Waals surface area contributed by atoms with Crippen LogP contribution in [0, 0.1) is 5.92 Å². The van der Waals surface area contributed by atoms with Crippen molar-refractivity contribution < 1.29 is 49.5 Å². The fourth-order valence-corrected chi connectivity index (χ4v) is 3.74. The first-order valence-corrected chi connectivity index (χ1v) is 6.31. The maximum Gasteiger partial charge on any atom is -1.00 e. The van der Waals surface area contributed by atoms with Crippen LogP contribution in [0.25, 0.3) is 0 Å². The molecule has 1 unspecified atom stereocenters. The maximum absolute atomic E-state index is 2.30. The van der Waals surface area contributed by atoms with E-state index in [2.05, 4.69) is 39.0 Å². The minimum Gasteiger partial charge on any atom is -1.00 e. The van der Waals surface area contributed by atoms with Crippen molar-refractivity contribution in [2.24, 2.45) is 5.92 Å². The van der Waals surface area contributed by atoms with E-state index < -0.39 is 0 Å². The standard InChI is InChI=1S/C13H15.2ClH.Zr/c1-9-8-13(11(3)10(9)2)12-6-4-5-7-12;;;/h4-6,13H,7H2,1-3H3;2*1H;/q;;;+2/p-2. The molecule has 0 aromatic carbocycles. The molecule has 0 spiro atoms. The first-order chi connectivity index (χ1) is 6.63. The minimum absolute atomic E-state index is 0. The second-order valence-corrected chi connectivity index (χ2v) is 5.48. The number of allylic oxidation sites excluding steroid dienone is 8. The summed E-state index contributed by atoms with van der Waals surface area (Å²) < 4.78 is 1.64. The summed E-state index contributed by atoms with van der Waals surface area (Å²) in [6.07, 6.45) is 7.90. The monoisotopic (exact) mass is 331 g/mol. The van der Waals surface area contributed by atoms with E-state index in [0.29, 0.717) is 5.92 Å². The zero-order valence-electron chi connectivity index (χ0n) is 9.77. The van der Waals surface area contributed by atoms with Crippen LogP contribution in [-0.4, -0.2) is 0 Å². The zero-order chi connectivity index (χ0) is 10.3. The quantitative estimate of drug-likeness (QED) is 0.505. The van der Waals surface area contributed by atoms with Crippen LogP contribution in [0.5, 0.6) is 0 Å². The van der Waals surface area contributed by atoms with Gasteiger partial charge in [-0.25, -0.2) is 0 Å². The summed E-state index contributed by atoms with van der Waals surface area (Å²) in [6, 6.07) is 0. The molecule has 0 bridgehead atoms. The van der Waals surface area contributed by atoms with Crippen molar-refractivity contribution in [2.45, 2.75) is 27.2 Å². The van der Waals surface area contributed by atoms with Crippen LogP contribution >= 0.6 is 0 Å². The Morgan fingerprint density at radius 1 is 1.12 bits per heavy atom. The van der Waals surface area contributed by atoms with Crippen LogP contribution in [-0.2, 0) is 24.7 Å². The van der Waals surface area contributed by atoms with E-state index in [0.717, 1.165) is 6.42 Å². The predicted octanol–water partition coefficient (Wildman–Crippen LogP) is -2.33. The third-order valence-electron chi connectivity index (χ3n) is 3.45. The van der Waals surface area contributed by atoms with Gasteiger partial charge in [0.1, 0.15) is 0 Å². The molecule has 0 saturated carbocycles. The molecule has 0 saturated heterocycles. The second kappa shape index (κ2) is 6.38. The van der Waals surface area contributed by atoms with E-state index in [1.54, 1.807) is 44.7 Å². The smallest absolute Gasteiger partial charge is 1.00 e. The van der Waals surface area contributed by atoms with Crippen LogP contribution in [0.2, 0.25) is 0 Å². The van der Waals surface area contributed by atoms with E-state index in [1.807, 2.05) is 0 Å². The van der Waals surface area contributed by atoms with Crippen molar-refractivity contribution in [1.82, 2.24) is 0 Å². The first kappa shape index (κ1) is 16.4. The molecule has 0 heterocycles. The van der Waals surface area contributed by atoms with Gasteiger partial charge in [0, 0.05) is 0 Å². The summed E-state index contributed by atoms with van der Waals surface area (Å²) in [7, 11) is 0. The Balaban J connectivity index is 0.00000112. The Morgan fingerprint density at radius 2 is 1.75 bits per heavy atom. The van der Waals surface area contributed by atoms with Gasteiger partial charge in [0.15, 0.2) is 0 Å². The summed E-state index contributed by atoms with van der Waals surface area (Å²) in [5.74, 6) is 0.642. The van der Waals surface area contributed by atoms with Gasteiger partial charge in [0.25, 0.3) is 0 Å². The SMILES string of the molecule is CC1=C(C)C(C2=CC=CC2)[C]([Zr+2])=C1C.[Cl-].[Cl-]. The topological polar surface area (TPSA) is 0 Å². The van der Waals surface area contributed by atoms with Gasteiger partial charge in [-0.05, 0) is 0 Å². The Bertz CT molecular complexity index is 376. The van der Waals surface area contributed by atoms with Crippen LogP contribution in [0.4, 0.5) is 0 Å². The molecular formula is C13H15Cl2Zr. The van der Waals surface area contributed by atoms with Gasteiger partial charge in [-0.15, -0.1) is 0 Å². The predicted molar refractivity (Wildman–Crippen MR) is 56.4 cm³/mol. The van der Waals surface area contributed by atoms with Crippen LogP contribution in [0.15, 0.2) is 43.8 Å². The zero-order valence-corrected chi connectivity index (χ0v) is 13.7. The first-order valence-electron chi connectivity index (χ1n) is 5.08. The fourth-order valence-electron chi connectivity index (χ4n) is 2.29. The van der Waals surface area contributed by atoms with Gasteiger partial charge in [-0.1, -0.05) is 0 Å². The molecule has 85 valence electrons. The molecule has 0 fully saturated rings. The van der Waals surface area contributed by atoms with Gasteiger partial charge in [-0.2, -0.15) is 0 Å². The molecule has 0 aromatic rings. The van der Waals surface area contributed by atoms with Crippen molar-refractivity contribution in [3.05, 3.63) is 43.8 Å². The molecule has 0 N–H and O–H groups in total. The molecule has 2 rings (SSSR count). The van der Waals surface area contributed by atoms with Crippen molar-refractivity contribution >= 4 is 0 Å². The van der Waals surface area contributed by atoms with Crippen LogP contribution in [0.3, 0.4) is 0 Å². The summed E-state index contributed by atoms with van der Waals surface area (Å²) in [4.78, 5) is 0. The van der Waals surface area contributed by atoms with Gasteiger partial charge < -0.3 is 24.8 Å². The van der Waals surface area contributed by atoms with E-state index in [-0.39, 0.29) is 24.8 Å². The number of hydrogen-bond acceptors (Lipinski definition) is 0. The average Bonchev–Trinajstić information content (AvgIpc) is 2.73. The van der Waals surface area contributed by atoms with Crippen molar-refractivity contribution in [3.63, 3.8) is 0 Å². The molecule has 0 nitrogen and oxygen atoms in total. The van der Waals surface area contributed by atoms with Crippen molar-refractivity contribution in [3.8, 4) is 0 Å². The third kappa shape index (κ3) is 2.63. The van der Waals surface area contributed by atoms with Gasteiger partial charge in [0.05, 0.1) is 0 Å². The largest absolute Gasteiger partial charge is 1.00 e. The Hall–Kier alpha value is 0.423. The third-order valence-corrected chi connectivity index (χ3v) is 5.08. The summed E-state index contributed by atoms with van der Waals surface area (Å²) in [5, 5.41) is 0. The molecular weight excluding hydrogens is 318 g/mol. The van der Waals surface area contributed by atoms with E-state index >= 15 is 0 Å². The Morgan fingerprint density at radius 3 is 2.12 bits per heavy atom. The Kier molecular flexibility index (Phi) is 6.55. The number of hydrogen-bond donors (Lipinski definition) is 0. The van der Waals surface area contributed by atoms with Crippen LogP contribution < -0.4 is 24.8 Å². The molecule has 0 radical (unpaired) electrons. The molecule has 0 aromatic heterocycles. The van der Waals surface area contributed by atoms with E-state index in [9.17, 15) is 0 Å². The summed E-state index contributed by atoms with van der Waals surface area (Å²) in [5.41, 5.74) is 6.22. The minimum atomic E-state index is 0. The number of rotatable bonds is 1. The normalized spacial score (nSPS) is 23.3. The van der Waals surface area contributed by atoms with E-state index in [1.165, 1.54) is 5.57 Å². The van der Waals surface area contributed by atoms with Crippen molar-refractivity contribution in [1.29, 1.82) is 0 Å². The second-order valence-electron chi connectivity index (χ2n) is 4.15. The average molecular weight is 333 g/mol. The Labute approximate surface area is 126 Å². The molecule has 0 amide bonds. The maximum atomic E-state index is 2.30. The van der Waals surface area contributed by atoms with E-state index in [4.69, 9.17) is 0 Å².